The van der Waals surface area contributed by atoms with E-state index in [1.807, 2.05) is 0 Å². The van der Waals surface area contributed by atoms with Gasteiger partial charge in [-0.25, -0.2) is 0 Å². The van der Waals surface area contributed by atoms with Crippen LogP contribution in [0.4, 0.5) is 0 Å². The first-order valence-corrected chi connectivity index (χ1v) is 6.34. The van der Waals surface area contributed by atoms with E-state index in [0.717, 1.165) is 26.3 Å². The molecule has 90 valence electrons. The summed E-state index contributed by atoms with van der Waals surface area (Å²) in [5, 5.41) is 0. The van der Waals surface area contributed by atoms with Gasteiger partial charge in [0.15, 0.2) is 0 Å². The van der Waals surface area contributed by atoms with Gasteiger partial charge in [-0.05, 0) is 5.56 Å². The average Bonchev–Trinajstić information content (AvgIpc) is 2.64. The van der Waals surface area contributed by atoms with Gasteiger partial charge in [-0.2, -0.15) is 0 Å². The predicted octanol–water partition coefficient (Wildman–Crippen LogP) is 2.65. The summed E-state index contributed by atoms with van der Waals surface area (Å²) >= 11 is 0. The maximum absolute atomic E-state index is 5.43. The van der Waals surface area contributed by atoms with Crippen LogP contribution in [0.3, 0.4) is 0 Å². The minimum Gasteiger partial charge on any atom is -0.378 e. The largest absolute Gasteiger partial charge is 0.378 e. The van der Waals surface area contributed by atoms with Gasteiger partial charge in [0.1, 0.15) is 0 Å². The molecule has 0 spiro atoms. The van der Waals surface area contributed by atoms with Crippen LogP contribution in [0, 0.1) is 0 Å². The topological polar surface area (TPSA) is 12.5 Å². The third-order valence-corrected chi connectivity index (χ3v) is 3.75. The van der Waals surface area contributed by atoms with Crippen molar-refractivity contribution >= 4 is 5.70 Å². The molecule has 1 aromatic rings. The lowest BCUT2D eigenvalue weighted by molar-refractivity contribution is 0.0640. The van der Waals surface area contributed by atoms with Gasteiger partial charge in [-0.1, -0.05) is 44.2 Å². The molecule has 0 amide bonds. The first kappa shape index (κ1) is 10.8. The summed E-state index contributed by atoms with van der Waals surface area (Å²) in [5.41, 5.74) is 4.40. The second-order valence-electron chi connectivity index (χ2n) is 5.40. The molecule has 0 aromatic heterocycles. The van der Waals surface area contributed by atoms with E-state index in [0.29, 0.717) is 0 Å². The number of hydrogen-bond donors (Lipinski definition) is 0. The molecule has 1 fully saturated rings. The zero-order chi connectivity index (χ0) is 11.9. The molecule has 0 saturated carbocycles. The van der Waals surface area contributed by atoms with Crippen LogP contribution in [-0.4, -0.2) is 31.2 Å². The lowest BCUT2D eigenvalue weighted by atomic mass is 9.87. The van der Waals surface area contributed by atoms with Crippen molar-refractivity contribution in [1.82, 2.24) is 4.90 Å². The van der Waals surface area contributed by atoms with E-state index in [2.05, 4.69) is 49.1 Å². The number of nitrogens with zero attached hydrogens (tertiary/aromatic N) is 1. The van der Waals surface area contributed by atoms with E-state index in [9.17, 15) is 0 Å². The molecular weight excluding hydrogens is 210 g/mol. The van der Waals surface area contributed by atoms with Gasteiger partial charge < -0.3 is 9.64 Å². The second-order valence-corrected chi connectivity index (χ2v) is 5.40. The van der Waals surface area contributed by atoms with Crippen LogP contribution >= 0.6 is 0 Å². The monoisotopic (exact) mass is 229 g/mol. The van der Waals surface area contributed by atoms with Gasteiger partial charge in [0.2, 0.25) is 0 Å². The number of morpholine rings is 1. The van der Waals surface area contributed by atoms with E-state index in [1.54, 1.807) is 0 Å². The standard InChI is InChI=1S/C15H19NO/c1-15(2)11-14(16-7-9-17-10-8-16)12-5-3-4-6-13(12)15/h3-6,11H,7-10H2,1-2H3. The molecule has 2 aliphatic rings. The van der Waals surface area contributed by atoms with Crippen molar-refractivity contribution in [2.75, 3.05) is 26.3 Å². The van der Waals surface area contributed by atoms with Gasteiger partial charge in [-0.15, -0.1) is 0 Å². The number of ether oxygens (including phenoxy) is 1. The minimum absolute atomic E-state index is 0.157. The molecule has 0 radical (unpaired) electrons. The fraction of sp³-hybridized carbons (Fsp3) is 0.467. The highest BCUT2D eigenvalue weighted by Gasteiger charge is 2.32. The molecule has 1 saturated heterocycles. The third-order valence-electron chi connectivity index (χ3n) is 3.75. The highest BCUT2D eigenvalue weighted by molar-refractivity contribution is 5.75. The molecule has 0 unspecified atom stereocenters. The first-order chi connectivity index (χ1) is 8.18. The van der Waals surface area contributed by atoms with Crippen molar-refractivity contribution in [3.8, 4) is 0 Å². The Morgan fingerprint density at radius 3 is 2.59 bits per heavy atom. The smallest absolute Gasteiger partial charge is 0.0642 e. The molecule has 17 heavy (non-hydrogen) atoms. The van der Waals surface area contributed by atoms with Crippen LogP contribution in [0.25, 0.3) is 5.70 Å². The first-order valence-electron chi connectivity index (χ1n) is 6.34. The maximum atomic E-state index is 5.43. The van der Waals surface area contributed by atoms with E-state index >= 15 is 0 Å². The Labute approximate surface area is 103 Å². The molecular formula is C15H19NO. The number of fused-ring (bicyclic) bond motifs is 1. The van der Waals surface area contributed by atoms with Crippen LogP contribution in [0.5, 0.6) is 0 Å². The van der Waals surface area contributed by atoms with Crippen molar-refractivity contribution < 1.29 is 4.74 Å². The molecule has 3 rings (SSSR count). The number of allylic oxidation sites excluding steroid dienone is 1. The molecule has 2 heteroatoms. The van der Waals surface area contributed by atoms with E-state index < -0.39 is 0 Å². The molecule has 0 N–H and O–H groups in total. The summed E-state index contributed by atoms with van der Waals surface area (Å²) in [4.78, 5) is 2.46. The lowest BCUT2D eigenvalue weighted by Crippen LogP contribution is -2.34. The van der Waals surface area contributed by atoms with Crippen LogP contribution in [0.1, 0.15) is 25.0 Å². The Balaban J connectivity index is 2.01. The summed E-state index contributed by atoms with van der Waals surface area (Å²) in [6.07, 6.45) is 2.41. The third kappa shape index (κ3) is 1.77. The quantitative estimate of drug-likeness (QED) is 0.734. The summed E-state index contributed by atoms with van der Waals surface area (Å²) in [6, 6.07) is 8.76. The normalized spacial score (nSPS) is 22.2. The summed E-state index contributed by atoms with van der Waals surface area (Å²) in [5.74, 6) is 0. The van der Waals surface area contributed by atoms with Gasteiger partial charge in [-0.3, -0.25) is 0 Å². The van der Waals surface area contributed by atoms with Gasteiger partial charge >= 0.3 is 0 Å². The number of benzene rings is 1. The van der Waals surface area contributed by atoms with Crippen molar-refractivity contribution in [1.29, 1.82) is 0 Å². The highest BCUT2D eigenvalue weighted by Crippen LogP contribution is 2.41. The maximum Gasteiger partial charge on any atom is 0.0642 e. The molecule has 1 aromatic carbocycles. The Bertz CT molecular complexity index is 456. The van der Waals surface area contributed by atoms with Gasteiger partial charge in [0.05, 0.1) is 13.2 Å². The Morgan fingerprint density at radius 1 is 1.12 bits per heavy atom. The van der Waals surface area contributed by atoms with E-state index in [1.165, 1.54) is 16.8 Å². The molecule has 1 heterocycles. The number of hydrogen-bond acceptors (Lipinski definition) is 2. The fourth-order valence-corrected chi connectivity index (χ4v) is 2.83. The lowest BCUT2D eigenvalue weighted by Gasteiger charge is -2.30. The van der Waals surface area contributed by atoms with Crippen LogP contribution < -0.4 is 0 Å². The Hall–Kier alpha value is -1.28. The van der Waals surface area contributed by atoms with Gasteiger partial charge in [0.25, 0.3) is 0 Å². The van der Waals surface area contributed by atoms with Crippen molar-refractivity contribution in [2.45, 2.75) is 19.3 Å². The van der Waals surface area contributed by atoms with Crippen LogP contribution in [0.15, 0.2) is 30.3 Å². The summed E-state index contributed by atoms with van der Waals surface area (Å²) in [7, 11) is 0. The van der Waals surface area contributed by atoms with Crippen LogP contribution in [0.2, 0.25) is 0 Å². The molecule has 1 aliphatic heterocycles. The van der Waals surface area contributed by atoms with Crippen molar-refractivity contribution in [2.24, 2.45) is 0 Å². The molecule has 0 bridgehead atoms. The zero-order valence-electron chi connectivity index (χ0n) is 10.6. The SMILES string of the molecule is CC1(C)C=C(N2CCOCC2)c2ccccc21. The fourth-order valence-electron chi connectivity index (χ4n) is 2.83. The Morgan fingerprint density at radius 2 is 1.82 bits per heavy atom. The number of rotatable bonds is 1. The summed E-state index contributed by atoms with van der Waals surface area (Å²) in [6.45, 7) is 8.30. The molecule has 1 aliphatic carbocycles. The van der Waals surface area contributed by atoms with E-state index in [-0.39, 0.29) is 5.41 Å². The van der Waals surface area contributed by atoms with Crippen molar-refractivity contribution in [3.05, 3.63) is 41.5 Å². The second kappa shape index (κ2) is 3.88. The van der Waals surface area contributed by atoms with E-state index in [4.69, 9.17) is 4.74 Å². The zero-order valence-corrected chi connectivity index (χ0v) is 10.6. The van der Waals surface area contributed by atoms with Crippen molar-refractivity contribution in [3.63, 3.8) is 0 Å². The molecule has 2 nitrogen and oxygen atoms in total. The minimum atomic E-state index is 0.157. The average molecular weight is 229 g/mol. The highest BCUT2D eigenvalue weighted by atomic mass is 16.5. The summed E-state index contributed by atoms with van der Waals surface area (Å²) < 4.78 is 5.43. The predicted molar refractivity (Wildman–Crippen MR) is 69.8 cm³/mol. The Kier molecular flexibility index (Phi) is 2.48. The molecule has 0 atom stereocenters. The van der Waals surface area contributed by atoms with Crippen LogP contribution in [-0.2, 0) is 10.2 Å². The van der Waals surface area contributed by atoms with Gasteiger partial charge in [0, 0.05) is 29.8 Å².